The van der Waals surface area contributed by atoms with Crippen molar-refractivity contribution in [1.82, 2.24) is 0 Å². The molecule has 0 heterocycles. The highest BCUT2D eigenvalue weighted by Gasteiger charge is 2.25. The summed E-state index contributed by atoms with van der Waals surface area (Å²) in [5.41, 5.74) is 1.01. The third-order valence-corrected chi connectivity index (χ3v) is 5.64. The van der Waals surface area contributed by atoms with Crippen molar-refractivity contribution in [2.75, 3.05) is 24.7 Å². The van der Waals surface area contributed by atoms with Crippen molar-refractivity contribution < 1.29 is 28.6 Å². The van der Waals surface area contributed by atoms with Gasteiger partial charge in [0.15, 0.2) is 0 Å². The summed E-state index contributed by atoms with van der Waals surface area (Å²) < 4.78 is 24.4. The van der Waals surface area contributed by atoms with Crippen molar-refractivity contribution in [3.8, 4) is 0 Å². The fourth-order valence-electron chi connectivity index (χ4n) is 3.69. The zero-order valence-corrected chi connectivity index (χ0v) is 17.8. The molecule has 0 aliphatic heterocycles. The quantitative estimate of drug-likeness (QED) is 0.562. The first-order valence-corrected chi connectivity index (χ1v) is 10.6. The molecule has 0 saturated heterocycles. The van der Waals surface area contributed by atoms with E-state index in [2.05, 4.69) is 0 Å². The van der Waals surface area contributed by atoms with Gasteiger partial charge in [-0.3, -0.25) is 0 Å². The number of carbonyl (C=O) groups excluding carboxylic acids is 1. The topological polar surface area (TPSA) is 76.1 Å². The summed E-state index contributed by atoms with van der Waals surface area (Å²) in [5, 5.41) is 8.57. The minimum absolute atomic E-state index is 0.0744. The predicted octanol–water partition coefficient (Wildman–Crippen LogP) is 5.66. The second-order valence-corrected chi connectivity index (χ2v) is 8.05. The molecule has 0 radical (unpaired) electrons. The largest absolute Gasteiger partial charge is 0.480 e. The Labute approximate surface area is 185 Å². The molecule has 3 rings (SSSR count). The second kappa shape index (κ2) is 11.1. The minimum atomic E-state index is -0.967. The number of hydrogen-bond acceptors (Lipinski definition) is 4. The molecule has 0 aromatic heterocycles. The number of carbonyl (C=O) groups is 2. The maximum absolute atomic E-state index is 13.6. The highest BCUT2D eigenvalue weighted by Crippen LogP contribution is 2.32. The Morgan fingerprint density at radius 1 is 1.00 bits per heavy atom. The lowest BCUT2D eigenvalue weighted by Crippen LogP contribution is -2.30. The molecule has 0 atom stereocenters. The number of amides is 1. The Bertz CT molecular complexity index is 887. The Morgan fingerprint density at radius 2 is 1.65 bits per heavy atom. The van der Waals surface area contributed by atoms with Crippen LogP contribution in [0, 0.1) is 17.7 Å². The number of anilines is 2. The molecule has 166 valence electrons. The molecule has 0 bridgehead atoms. The normalized spacial score (nSPS) is 18.4. The molecular weight excluding hydrogens is 425 g/mol. The lowest BCUT2D eigenvalue weighted by atomic mass is 9.83. The zero-order chi connectivity index (χ0) is 22.2. The van der Waals surface area contributed by atoms with Gasteiger partial charge >= 0.3 is 12.1 Å². The van der Waals surface area contributed by atoms with E-state index in [1.165, 1.54) is 23.1 Å². The first-order valence-electron chi connectivity index (χ1n) is 10.2. The van der Waals surface area contributed by atoms with Gasteiger partial charge in [0, 0.05) is 0 Å². The molecule has 1 amide bonds. The first-order chi connectivity index (χ1) is 14.9. The molecule has 1 saturated carbocycles. The van der Waals surface area contributed by atoms with Gasteiger partial charge in [-0.1, -0.05) is 29.8 Å². The number of nitrogens with zero attached hydrogens (tertiary/aromatic N) is 1. The van der Waals surface area contributed by atoms with Crippen LogP contribution in [0.4, 0.5) is 20.6 Å². The number of rotatable bonds is 8. The van der Waals surface area contributed by atoms with Crippen LogP contribution in [0.1, 0.15) is 25.7 Å². The molecule has 0 spiro atoms. The van der Waals surface area contributed by atoms with E-state index in [9.17, 15) is 14.0 Å². The van der Waals surface area contributed by atoms with Crippen LogP contribution in [0.3, 0.4) is 0 Å². The van der Waals surface area contributed by atoms with E-state index < -0.39 is 17.9 Å². The van der Waals surface area contributed by atoms with E-state index in [0.717, 1.165) is 25.7 Å². The molecule has 2 aromatic carbocycles. The Morgan fingerprint density at radius 3 is 2.26 bits per heavy atom. The summed E-state index contributed by atoms with van der Waals surface area (Å²) in [7, 11) is 0. The number of hydrogen-bond donors (Lipinski definition) is 1. The summed E-state index contributed by atoms with van der Waals surface area (Å²) in [6.07, 6.45) is 3.00. The summed E-state index contributed by atoms with van der Waals surface area (Å²) in [4.78, 5) is 24.8. The van der Waals surface area contributed by atoms with Crippen LogP contribution < -0.4 is 4.90 Å². The third kappa shape index (κ3) is 6.67. The molecule has 0 unspecified atom stereocenters. The van der Waals surface area contributed by atoms with Gasteiger partial charge < -0.3 is 14.6 Å². The lowest BCUT2D eigenvalue weighted by Gasteiger charge is -2.29. The summed E-state index contributed by atoms with van der Waals surface area (Å²) in [6, 6.07) is 13.1. The Balaban J connectivity index is 1.58. The average molecular weight is 450 g/mol. The van der Waals surface area contributed by atoms with E-state index in [1.54, 1.807) is 24.3 Å². The van der Waals surface area contributed by atoms with Crippen molar-refractivity contribution in [1.29, 1.82) is 0 Å². The average Bonchev–Trinajstić information content (AvgIpc) is 2.76. The number of ether oxygens (including phenoxy) is 2. The number of benzene rings is 2. The molecule has 2 aromatic rings. The van der Waals surface area contributed by atoms with Crippen LogP contribution in [0.15, 0.2) is 48.5 Å². The lowest BCUT2D eigenvalue weighted by molar-refractivity contribution is -0.142. The summed E-state index contributed by atoms with van der Waals surface area (Å²) >= 11 is 5.92. The van der Waals surface area contributed by atoms with E-state index >= 15 is 0 Å². The fourth-order valence-corrected chi connectivity index (χ4v) is 3.87. The molecule has 1 N–H and O–H groups in total. The van der Waals surface area contributed by atoms with Gasteiger partial charge in [0.25, 0.3) is 0 Å². The number of para-hydroxylation sites is 1. The van der Waals surface area contributed by atoms with E-state index in [1.807, 2.05) is 6.07 Å². The van der Waals surface area contributed by atoms with Crippen molar-refractivity contribution in [3.05, 3.63) is 59.4 Å². The van der Waals surface area contributed by atoms with Crippen LogP contribution in [0.2, 0.25) is 5.02 Å². The Hall–Kier alpha value is -2.64. The number of halogens is 2. The highest BCUT2D eigenvalue weighted by atomic mass is 35.5. The molecule has 8 heteroatoms. The third-order valence-electron chi connectivity index (χ3n) is 5.35. The predicted molar refractivity (Wildman–Crippen MR) is 115 cm³/mol. The smallest absolute Gasteiger partial charge is 0.418 e. The SMILES string of the molecule is O=C(O)COC[C@H]1CC[C@H](COC(=O)N(c2ccccc2)c2ccc(F)c(Cl)c2)CC1. The van der Waals surface area contributed by atoms with Crippen LogP contribution in [0.25, 0.3) is 0 Å². The summed E-state index contributed by atoms with van der Waals surface area (Å²) in [6.45, 7) is 0.436. The molecule has 6 nitrogen and oxygen atoms in total. The van der Waals surface area contributed by atoms with Crippen LogP contribution in [-0.4, -0.2) is 37.0 Å². The first kappa shape index (κ1) is 23.0. The monoisotopic (exact) mass is 449 g/mol. The van der Waals surface area contributed by atoms with E-state index in [4.69, 9.17) is 26.2 Å². The fraction of sp³-hybridized carbons (Fsp3) is 0.391. The van der Waals surface area contributed by atoms with Gasteiger partial charge in [0.2, 0.25) is 0 Å². The van der Waals surface area contributed by atoms with Crippen molar-refractivity contribution in [2.24, 2.45) is 11.8 Å². The number of carboxylic acids is 1. The van der Waals surface area contributed by atoms with E-state index in [-0.39, 0.29) is 24.2 Å². The Kier molecular flexibility index (Phi) is 8.26. The minimum Gasteiger partial charge on any atom is -0.480 e. The van der Waals surface area contributed by atoms with Crippen LogP contribution in [0.5, 0.6) is 0 Å². The molecule has 31 heavy (non-hydrogen) atoms. The van der Waals surface area contributed by atoms with Gasteiger partial charge in [-0.15, -0.1) is 0 Å². The van der Waals surface area contributed by atoms with Crippen molar-refractivity contribution in [3.63, 3.8) is 0 Å². The van der Waals surface area contributed by atoms with Crippen molar-refractivity contribution >= 4 is 35.0 Å². The number of carboxylic acid groups (broad SMARTS) is 1. The van der Waals surface area contributed by atoms with Crippen LogP contribution >= 0.6 is 11.6 Å². The molecule has 1 fully saturated rings. The number of aliphatic carboxylic acids is 1. The van der Waals surface area contributed by atoms with Gasteiger partial charge in [-0.05, 0) is 67.9 Å². The maximum atomic E-state index is 13.6. The van der Waals surface area contributed by atoms with Gasteiger partial charge in [-0.25, -0.2) is 18.9 Å². The summed E-state index contributed by atoms with van der Waals surface area (Å²) in [5.74, 6) is -0.968. The molecule has 1 aliphatic carbocycles. The second-order valence-electron chi connectivity index (χ2n) is 7.64. The zero-order valence-electron chi connectivity index (χ0n) is 17.0. The van der Waals surface area contributed by atoms with Gasteiger partial charge in [-0.2, -0.15) is 0 Å². The highest BCUT2D eigenvalue weighted by molar-refractivity contribution is 6.31. The van der Waals surface area contributed by atoms with Gasteiger partial charge in [0.1, 0.15) is 12.4 Å². The van der Waals surface area contributed by atoms with E-state index in [0.29, 0.717) is 23.9 Å². The van der Waals surface area contributed by atoms with Crippen LogP contribution in [-0.2, 0) is 14.3 Å². The van der Waals surface area contributed by atoms with Gasteiger partial charge in [0.05, 0.1) is 29.6 Å². The maximum Gasteiger partial charge on any atom is 0.418 e. The standard InChI is InChI=1S/C23H25ClFNO5/c24-20-12-19(10-11-21(20)25)26(18-4-2-1-3-5-18)23(29)31-14-17-8-6-16(7-9-17)13-30-15-22(27)28/h1-5,10-12,16-17H,6-9,13-15H2,(H,27,28)/t16-,17-. The molecular formula is C23H25ClFNO5. The van der Waals surface area contributed by atoms with Crippen molar-refractivity contribution in [2.45, 2.75) is 25.7 Å². The molecule has 1 aliphatic rings.